The van der Waals surface area contributed by atoms with Gasteiger partial charge in [-0.05, 0) is 66.8 Å². The van der Waals surface area contributed by atoms with E-state index in [1.165, 1.54) is 5.56 Å². The van der Waals surface area contributed by atoms with Crippen LogP contribution in [0.1, 0.15) is 50.0 Å². The Morgan fingerprint density at radius 3 is 2.43 bits per heavy atom. The maximum atomic E-state index is 12.9. The minimum atomic E-state index is -0.570. The second-order valence-electron chi connectivity index (χ2n) is 9.73. The van der Waals surface area contributed by atoms with Gasteiger partial charge in [-0.3, -0.25) is 9.59 Å². The monoisotopic (exact) mass is 472 g/mol. The third-order valence-corrected chi connectivity index (χ3v) is 5.98. The Kier molecular flexibility index (Phi) is 7.10. The molecule has 35 heavy (non-hydrogen) atoms. The largest absolute Gasteiger partial charge is 0.494 e. The van der Waals surface area contributed by atoms with Crippen LogP contribution >= 0.6 is 0 Å². The summed E-state index contributed by atoms with van der Waals surface area (Å²) in [5.41, 5.74) is 3.01. The molecule has 1 N–H and O–H groups in total. The molecule has 0 aliphatic carbocycles. The lowest BCUT2D eigenvalue weighted by Gasteiger charge is -2.33. The lowest BCUT2D eigenvalue weighted by molar-refractivity contribution is -0.125. The van der Waals surface area contributed by atoms with Crippen molar-refractivity contribution in [3.05, 3.63) is 83.9 Å². The number of nitrogens with one attached hydrogen (secondary N) is 1. The number of fused-ring (bicyclic) bond motifs is 1. The molecule has 2 amide bonds. The number of nitrogens with zero attached hydrogens (tertiary/aromatic N) is 1. The molecule has 1 unspecified atom stereocenters. The quantitative estimate of drug-likeness (QED) is 0.440. The number of anilines is 2. The molecule has 0 aromatic heterocycles. The van der Waals surface area contributed by atoms with Gasteiger partial charge in [0.05, 0.1) is 12.3 Å². The van der Waals surface area contributed by atoms with Gasteiger partial charge in [0, 0.05) is 17.8 Å². The first-order valence-corrected chi connectivity index (χ1v) is 11.9. The molecule has 3 aromatic rings. The van der Waals surface area contributed by atoms with Crippen LogP contribution in [0.5, 0.6) is 11.5 Å². The average molecular weight is 473 g/mol. The van der Waals surface area contributed by atoms with E-state index >= 15 is 0 Å². The Bertz CT molecular complexity index is 1180. The van der Waals surface area contributed by atoms with Crippen LogP contribution in [-0.2, 0) is 10.2 Å². The van der Waals surface area contributed by atoms with Crippen molar-refractivity contribution in [1.82, 2.24) is 0 Å². The van der Waals surface area contributed by atoms with Gasteiger partial charge in [0.15, 0.2) is 6.10 Å². The van der Waals surface area contributed by atoms with E-state index in [1.54, 1.807) is 30.0 Å². The summed E-state index contributed by atoms with van der Waals surface area (Å²) in [6.07, 6.45) is 0.0862. The lowest BCUT2D eigenvalue weighted by Crippen LogP contribution is -2.45. The summed E-state index contributed by atoms with van der Waals surface area (Å²) in [7, 11) is 0. The molecular weight excluding hydrogens is 440 g/mol. The summed E-state index contributed by atoms with van der Waals surface area (Å²) < 4.78 is 11.6. The fourth-order valence-corrected chi connectivity index (χ4v) is 3.97. The zero-order valence-corrected chi connectivity index (χ0v) is 20.7. The third-order valence-electron chi connectivity index (χ3n) is 5.98. The Hall–Kier alpha value is -3.80. The van der Waals surface area contributed by atoms with Gasteiger partial charge >= 0.3 is 0 Å². The van der Waals surface area contributed by atoms with Crippen LogP contribution < -0.4 is 19.7 Å². The first-order chi connectivity index (χ1) is 16.7. The molecule has 1 aliphatic rings. The fraction of sp³-hybridized carbons (Fsp3) is 0.310. The number of benzene rings is 3. The molecule has 0 fully saturated rings. The van der Waals surface area contributed by atoms with Gasteiger partial charge in [-0.25, -0.2) is 0 Å². The molecule has 182 valence electrons. The van der Waals surface area contributed by atoms with Crippen molar-refractivity contribution in [3.63, 3.8) is 0 Å². The van der Waals surface area contributed by atoms with Gasteiger partial charge in [-0.2, -0.15) is 0 Å². The standard InChI is InChI=1S/C29H32N2O4/c1-20-28(33)31(17-8-18-34-24-9-6-5-7-10-24)25-19-23(15-16-26(25)35-20)30-27(32)21-11-13-22(14-12-21)29(2,3)4/h5-7,9-16,19-20H,8,17-18H2,1-4H3,(H,30,32). The minimum Gasteiger partial charge on any atom is -0.494 e. The van der Waals surface area contributed by atoms with E-state index in [0.717, 1.165) is 5.75 Å². The van der Waals surface area contributed by atoms with Gasteiger partial charge in [0.25, 0.3) is 11.8 Å². The fourth-order valence-electron chi connectivity index (χ4n) is 3.97. The Labute approximate surface area is 206 Å². The van der Waals surface area contributed by atoms with E-state index in [2.05, 4.69) is 26.1 Å². The van der Waals surface area contributed by atoms with Crippen LogP contribution in [0.2, 0.25) is 0 Å². The highest BCUT2D eigenvalue weighted by Crippen LogP contribution is 2.36. The van der Waals surface area contributed by atoms with E-state index < -0.39 is 6.10 Å². The summed E-state index contributed by atoms with van der Waals surface area (Å²) in [5, 5.41) is 2.94. The Balaban J connectivity index is 1.45. The predicted octanol–water partition coefficient (Wildman–Crippen LogP) is 5.82. The molecule has 1 heterocycles. The van der Waals surface area contributed by atoms with Gasteiger partial charge in [0.1, 0.15) is 11.5 Å². The first kappa shape index (κ1) is 24.3. The van der Waals surface area contributed by atoms with Crippen molar-refractivity contribution in [2.75, 3.05) is 23.4 Å². The maximum absolute atomic E-state index is 12.9. The Morgan fingerprint density at radius 1 is 1.03 bits per heavy atom. The number of amides is 2. The molecule has 0 spiro atoms. The lowest BCUT2D eigenvalue weighted by atomic mass is 9.87. The number of carbonyl (C=O) groups excluding carboxylic acids is 2. The van der Waals surface area contributed by atoms with Crippen molar-refractivity contribution in [2.24, 2.45) is 0 Å². The SMILES string of the molecule is CC1Oc2ccc(NC(=O)c3ccc(C(C)(C)C)cc3)cc2N(CCCOc2ccccc2)C1=O. The summed E-state index contributed by atoms with van der Waals surface area (Å²) >= 11 is 0. The zero-order chi connectivity index (χ0) is 25.0. The highest BCUT2D eigenvalue weighted by atomic mass is 16.5. The van der Waals surface area contributed by atoms with Gasteiger partial charge in [-0.15, -0.1) is 0 Å². The highest BCUT2D eigenvalue weighted by molar-refractivity contribution is 6.05. The molecule has 0 saturated heterocycles. The first-order valence-electron chi connectivity index (χ1n) is 11.9. The highest BCUT2D eigenvalue weighted by Gasteiger charge is 2.31. The third kappa shape index (κ3) is 5.83. The Morgan fingerprint density at radius 2 is 1.74 bits per heavy atom. The molecule has 1 aliphatic heterocycles. The normalized spacial score (nSPS) is 15.3. The van der Waals surface area contributed by atoms with Crippen molar-refractivity contribution < 1.29 is 19.1 Å². The van der Waals surface area contributed by atoms with Gasteiger partial charge in [0.2, 0.25) is 0 Å². The molecular formula is C29H32N2O4. The van der Waals surface area contributed by atoms with E-state index in [-0.39, 0.29) is 17.2 Å². The molecule has 1 atom stereocenters. The molecule has 0 bridgehead atoms. The van der Waals surface area contributed by atoms with Crippen LogP contribution in [0.4, 0.5) is 11.4 Å². The van der Waals surface area contributed by atoms with Crippen LogP contribution in [-0.4, -0.2) is 31.1 Å². The summed E-state index contributed by atoms with van der Waals surface area (Å²) in [5.74, 6) is 1.10. The van der Waals surface area contributed by atoms with Crippen LogP contribution in [0, 0.1) is 0 Å². The van der Waals surface area contributed by atoms with Gasteiger partial charge in [-0.1, -0.05) is 51.1 Å². The predicted molar refractivity (Wildman–Crippen MR) is 139 cm³/mol. The zero-order valence-electron chi connectivity index (χ0n) is 20.7. The van der Waals surface area contributed by atoms with Crippen LogP contribution in [0.15, 0.2) is 72.8 Å². The number of hydrogen-bond donors (Lipinski definition) is 1. The van der Waals surface area contributed by atoms with Gasteiger partial charge < -0.3 is 19.7 Å². The van der Waals surface area contributed by atoms with Crippen molar-refractivity contribution in [3.8, 4) is 11.5 Å². The van der Waals surface area contributed by atoms with E-state index in [9.17, 15) is 9.59 Å². The average Bonchev–Trinajstić information content (AvgIpc) is 2.84. The molecule has 6 heteroatoms. The molecule has 0 radical (unpaired) electrons. The summed E-state index contributed by atoms with van der Waals surface area (Å²) in [4.78, 5) is 27.5. The number of hydrogen-bond acceptors (Lipinski definition) is 4. The van der Waals surface area contributed by atoms with E-state index in [1.807, 2.05) is 54.6 Å². The number of para-hydroxylation sites is 1. The molecule has 4 rings (SSSR count). The minimum absolute atomic E-state index is 0.0206. The molecule has 3 aromatic carbocycles. The number of ether oxygens (including phenoxy) is 2. The molecule has 0 saturated carbocycles. The molecule has 6 nitrogen and oxygen atoms in total. The maximum Gasteiger partial charge on any atom is 0.267 e. The van der Waals surface area contributed by atoms with Crippen molar-refractivity contribution in [1.29, 1.82) is 0 Å². The van der Waals surface area contributed by atoms with Crippen molar-refractivity contribution in [2.45, 2.75) is 45.6 Å². The number of carbonyl (C=O) groups is 2. The number of rotatable bonds is 7. The topological polar surface area (TPSA) is 67.9 Å². The van der Waals surface area contributed by atoms with E-state index in [0.29, 0.717) is 42.3 Å². The van der Waals surface area contributed by atoms with Crippen LogP contribution in [0.25, 0.3) is 0 Å². The van der Waals surface area contributed by atoms with Crippen molar-refractivity contribution >= 4 is 23.2 Å². The second kappa shape index (κ2) is 10.2. The smallest absolute Gasteiger partial charge is 0.267 e. The summed E-state index contributed by atoms with van der Waals surface area (Å²) in [6, 6.07) is 22.6. The van der Waals surface area contributed by atoms with E-state index in [4.69, 9.17) is 9.47 Å². The van der Waals surface area contributed by atoms with Crippen LogP contribution in [0.3, 0.4) is 0 Å². The summed E-state index contributed by atoms with van der Waals surface area (Å²) in [6.45, 7) is 9.13. The second-order valence-corrected chi connectivity index (χ2v) is 9.73.